The van der Waals surface area contributed by atoms with Gasteiger partial charge < -0.3 is 0 Å². The Balaban J connectivity index is 2.56. The number of allylic oxidation sites excluding steroid dienone is 1. The van der Waals surface area contributed by atoms with Crippen molar-refractivity contribution < 1.29 is 17.1 Å². The van der Waals surface area contributed by atoms with Crippen LogP contribution in [0.15, 0.2) is 12.7 Å². The van der Waals surface area contributed by atoms with Crippen LogP contribution in [0, 0.1) is 0 Å². The molecule has 0 amide bonds. The Kier molecular flexibility index (Phi) is 6.69. The molecule has 38 valence electrons. The summed E-state index contributed by atoms with van der Waals surface area (Å²) in [7, 11) is 0. The second-order valence-corrected chi connectivity index (χ2v) is 6.85. The number of hydrogen-bond donors (Lipinski definition) is 0. The fourth-order valence-corrected chi connectivity index (χ4v) is 2.80. The van der Waals surface area contributed by atoms with E-state index in [1.807, 2.05) is 6.08 Å². The van der Waals surface area contributed by atoms with E-state index in [0.717, 1.165) is 0 Å². The molecule has 0 rings (SSSR count). The molecule has 0 aromatic rings. The zero-order valence-electron chi connectivity index (χ0n) is 5.11. The van der Waals surface area contributed by atoms with Crippen molar-refractivity contribution in [1.29, 1.82) is 0 Å². The fourth-order valence-electron chi connectivity index (χ4n) is 0.539. The molecule has 0 unspecified atom stereocenters. The van der Waals surface area contributed by atoms with Crippen molar-refractivity contribution in [3.63, 3.8) is 0 Å². The zero-order chi connectivity index (χ0) is 5.54. The van der Waals surface area contributed by atoms with E-state index in [9.17, 15) is 0 Å². The van der Waals surface area contributed by atoms with Crippen molar-refractivity contribution in [2.75, 3.05) is 0 Å². The van der Waals surface area contributed by atoms with E-state index in [4.69, 9.17) is 0 Å². The van der Waals surface area contributed by atoms with Crippen LogP contribution in [0.4, 0.5) is 0 Å². The zero-order valence-corrected chi connectivity index (χ0v) is 8.08. The van der Waals surface area contributed by atoms with Gasteiger partial charge in [-0.2, -0.15) is 0 Å². The van der Waals surface area contributed by atoms with Crippen LogP contribution in [-0.4, -0.2) is 0 Å². The van der Waals surface area contributed by atoms with E-state index in [1.54, 1.807) is 0 Å². The van der Waals surface area contributed by atoms with Gasteiger partial charge in [0.05, 0.1) is 0 Å². The summed E-state index contributed by atoms with van der Waals surface area (Å²) in [4.78, 5) is 0. The molecule has 0 radical (unpaired) electrons. The maximum absolute atomic E-state index is 3.66. The van der Waals surface area contributed by atoms with Gasteiger partial charge in [0.15, 0.2) is 0 Å². The number of rotatable bonds is 4. The van der Waals surface area contributed by atoms with Crippen LogP contribution in [0.5, 0.6) is 0 Å². The first-order valence-electron chi connectivity index (χ1n) is 3.02. The van der Waals surface area contributed by atoms with Crippen molar-refractivity contribution in [1.82, 2.24) is 0 Å². The molecule has 0 aliphatic rings. The summed E-state index contributed by atoms with van der Waals surface area (Å²) in [5.41, 5.74) is 0. The minimum atomic E-state index is -0.0153. The van der Waals surface area contributed by atoms with Gasteiger partial charge in [-0.25, -0.2) is 0 Å². The second kappa shape index (κ2) is 6.36. The Morgan fingerprint density at radius 1 is 1.71 bits per heavy atom. The van der Waals surface area contributed by atoms with Crippen LogP contribution in [-0.2, 0) is 17.1 Å². The first kappa shape index (κ1) is 7.36. The van der Waals surface area contributed by atoms with Crippen molar-refractivity contribution >= 4 is 0 Å². The molecule has 0 saturated carbocycles. The molecule has 7 heavy (non-hydrogen) atoms. The van der Waals surface area contributed by atoms with Crippen molar-refractivity contribution in [3.05, 3.63) is 12.7 Å². The molecule has 0 nitrogen and oxygen atoms in total. The molecule has 0 N–H and O–H groups in total. The third kappa shape index (κ3) is 6.36. The standard InChI is InChI=1S/C4H7.C2H5.Zn/c1-3-4-2;1-2;/h3H,1-2,4H2;1H2,2H3;. The van der Waals surface area contributed by atoms with Crippen molar-refractivity contribution in [2.45, 2.75) is 23.4 Å². The summed E-state index contributed by atoms with van der Waals surface area (Å²) in [5.74, 6) is 0. The van der Waals surface area contributed by atoms with Crippen molar-refractivity contribution in [2.24, 2.45) is 0 Å². The van der Waals surface area contributed by atoms with E-state index in [0.29, 0.717) is 0 Å². The van der Waals surface area contributed by atoms with E-state index in [1.165, 1.54) is 16.5 Å². The van der Waals surface area contributed by atoms with Crippen LogP contribution >= 0.6 is 0 Å². The summed E-state index contributed by atoms with van der Waals surface area (Å²) < 4.78 is 0. The van der Waals surface area contributed by atoms with E-state index in [2.05, 4.69) is 13.5 Å². The van der Waals surface area contributed by atoms with E-state index < -0.39 is 0 Å². The maximum atomic E-state index is 3.66. The van der Waals surface area contributed by atoms with Gasteiger partial charge in [-0.05, 0) is 0 Å². The van der Waals surface area contributed by atoms with Gasteiger partial charge >= 0.3 is 53.2 Å². The predicted molar refractivity (Wildman–Crippen MR) is 30.1 cm³/mol. The van der Waals surface area contributed by atoms with Gasteiger partial charge in [0.1, 0.15) is 0 Å². The summed E-state index contributed by atoms with van der Waals surface area (Å²) in [6.45, 7) is 5.96. The van der Waals surface area contributed by atoms with Crippen LogP contribution in [0.2, 0.25) is 10.0 Å². The molecule has 0 aliphatic heterocycles. The van der Waals surface area contributed by atoms with Crippen LogP contribution in [0.3, 0.4) is 0 Å². The second-order valence-electron chi connectivity index (χ2n) is 1.78. The molecule has 0 fully saturated rings. The van der Waals surface area contributed by atoms with Gasteiger partial charge in [-0.1, -0.05) is 0 Å². The Morgan fingerprint density at radius 3 is 2.86 bits per heavy atom. The van der Waals surface area contributed by atoms with Gasteiger partial charge in [-0.3, -0.25) is 0 Å². The summed E-state index contributed by atoms with van der Waals surface area (Å²) >= 11 is -0.0153. The predicted octanol–water partition coefficient (Wildman–Crippen LogP) is 2.50. The number of hydrogen-bond acceptors (Lipinski definition) is 0. The van der Waals surface area contributed by atoms with Gasteiger partial charge in [-0.15, -0.1) is 0 Å². The molecule has 0 saturated heterocycles. The Labute approximate surface area is 53.6 Å². The summed E-state index contributed by atoms with van der Waals surface area (Å²) in [6.07, 6.45) is 3.30. The average Bonchev–Trinajstić information content (AvgIpc) is 1.69. The van der Waals surface area contributed by atoms with Crippen LogP contribution in [0.25, 0.3) is 0 Å². The molecule has 0 spiro atoms. The van der Waals surface area contributed by atoms with Gasteiger partial charge in [0.2, 0.25) is 0 Å². The van der Waals surface area contributed by atoms with Gasteiger partial charge in [0, 0.05) is 0 Å². The fraction of sp³-hybridized carbons (Fsp3) is 0.667. The summed E-state index contributed by atoms with van der Waals surface area (Å²) in [6, 6.07) is 0. The van der Waals surface area contributed by atoms with Crippen LogP contribution in [0.1, 0.15) is 13.3 Å². The normalized spacial score (nSPS) is 7.57. The molecular formula is C6H12Zn. The Hall–Kier alpha value is 0.363. The third-order valence-corrected chi connectivity index (χ3v) is 4.40. The van der Waals surface area contributed by atoms with E-state index in [-0.39, 0.29) is 17.1 Å². The topological polar surface area (TPSA) is 0 Å². The molecule has 0 atom stereocenters. The minimum absolute atomic E-state index is 0.0153. The summed E-state index contributed by atoms with van der Waals surface area (Å²) in [5, 5.41) is 3.01. The molecule has 0 aromatic carbocycles. The molecule has 0 aromatic heterocycles. The molecule has 1 heteroatoms. The van der Waals surface area contributed by atoms with E-state index >= 15 is 0 Å². The molecule has 0 aliphatic carbocycles. The average molecular weight is 150 g/mol. The SMILES string of the molecule is C=CC[CH2][Zn][CH2]C. The van der Waals surface area contributed by atoms with Crippen molar-refractivity contribution in [3.8, 4) is 0 Å². The Morgan fingerprint density at radius 2 is 2.43 bits per heavy atom. The first-order valence-corrected chi connectivity index (χ1v) is 7.22. The molecular weight excluding hydrogens is 137 g/mol. The van der Waals surface area contributed by atoms with Crippen LogP contribution < -0.4 is 0 Å². The third-order valence-electron chi connectivity index (χ3n) is 1.01. The van der Waals surface area contributed by atoms with Gasteiger partial charge in [0.25, 0.3) is 0 Å². The Bertz CT molecular complexity index is 41.4. The quantitative estimate of drug-likeness (QED) is 0.327. The monoisotopic (exact) mass is 148 g/mol. The molecule has 0 heterocycles. The first-order chi connectivity index (χ1) is 3.41. The molecule has 0 bridgehead atoms.